The van der Waals surface area contributed by atoms with Gasteiger partial charge >= 0.3 is 0 Å². The molecule has 162 valence electrons. The SMILES string of the molecule is Cc1nc(-c2cccc(NC(=O)c3ccc(NS(=O)(=O)c4ccc(F)cc4)cc3)c2)n[nH]1. The van der Waals surface area contributed by atoms with Crippen LogP contribution in [0.5, 0.6) is 0 Å². The zero-order chi connectivity index (χ0) is 22.7. The average molecular weight is 451 g/mol. The van der Waals surface area contributed by atoms with Gasteiger partial charge in [0, 0.05) is 22.5 Å². The monoisotopic (exact) mass is 451 g/mol. The fourth-order valence-corrected chi connectivity index (χ4v) is 3.99. The number of carbonyl (C=O) groups excluding carboxylic acids is 1. The fourth-order valence-electron chi connectivity index (χ4n) is 2.93. The molecule has 3 aromatic carbocycles. The summed E-state index contributed by atoms with van der Waals surface area (Å²) in [6.45, 7) is 1.80. The number of sulfonamides is 1. The van der Waals surface area contributed by atoms with Crippen LogP contribution in [0.15, 0.2) is 77.7 Å². The van der Waals surface area contributed by atoms with Gasteiger partial charge in [0.1, 0.15) is 11.6 Å². The van der Waals surface area contributed by atoms with Gasteiger partial charge in [0.2, 0.25) is 0 Å². The number of amides is 1. The number of rotatable bonds is 6. The van der Waals surface area contributed by atoms with Gasteiger partial charge in [0.15, 0.2) is 5.82 Å². The third-order valence-corrected chi connectivity index (χ3v) is 5.90. The van der Waals surface area contributed by atoms with Crippen LogP contribution in [0.25, 0.3) is 11.4 Å². The lowest BCUT2D eigenvalue weighted by atomic mass is 10.1. The van der Waals surface area contributed by atoms with E-state index in [4.69, 9.17) is 0 Å². The topological polar surface area (TPSA) is 117 Å². The van der Waals surface area contributed by atoms with Gasteiger partial charge in [0.25, 0.3) is 15.9 Å². The highest BCUT2D eigenvalue weighted by Gasteiger charge is 2.15. The second-order valence-corrected chi connectivity index (χ2v) is 8.60. The molecular formula is C22H18FN5O3S. The minimum atomic E-state index is -3.87. The van der Waals surface area contributed by atoms with Crippen LogP contribution in [0.4, 0.5) is 15.8 Å². The van der Waals surface area contributed by atoms with Crippen molar-refractivity contribution in [1.82, 2.24) is 15.2 Å². The van der Waals surface area contributed by atoms with Gasteiger partial charge < -0.3 is 5.32 Å². The molecule has 1 amide bonds. The van der Waals surface area contributed by atoms with Gasteiger partial charge in [0.05, 0.1) is 4.90 Å². The smallest absolute Gasteiger partial charge is 0.261 e. The molecule has 0 aliphatic heterocycles. The Balaban J connectivity index is 1.45. The van der Waals surface area contributed by atoms with Crippen LogP contribution >= 0.6 is 0 Å². The molecule has 0 aliphatic carbocycles. The molecule has 1 heterocycles. The van der Waals surface area contributed by atoms with E-state index in [-0.39, 0.29) is 16.5 Å². The summed E-state index contributed by atoms with van der Waals surface area (Å²) >= 11 is 0. The van der Waals surface area contributed by atoms with Crippen LogP contribution in [0.3, 0.4) is 0 Å². The van der Waals surface area contributed by atoms with Gasteiger partial charge in [-0.3, -0.25) is 14.6 Å². The molecule has 0 atom stereocenters. The summed E-state index contributed by atoms with van der Waals surface area (Å²) in [5, 5.41) is 9.67. The van der Waals surface area contributed by atoms with E-state index in [0.29, 0.717) is 22.9 Å². The van der Waals surface area contributed by atoms with E-state index in [0.717, 1.165) is 17.7 Å². The van der Waals surface area contributed by atoms with Gasteiger partial charge in [-0.1, -0.05) is 12.1 Å². The second-order valence-electron chi connectivity index (χ2n) is 6.92. The third-order valence-electron chi connectivity index (χ3n) is 4.50. The largest absolute Gasteiger partial charge is 0.322 e. The number of benzene rings is 3. The molecule has 32 heavy (non-hydrogen) atoms. The van der Waals surface area contributed by atoms with Crippen molar-refractivity contribution in [3.63, 3.8) is 0 Å². The number of halogens is 1. The molecular weight excluding hydrogens is 433 g/mol. The number of carbonyl (C=O) groups is 1. The van der Waals surface area contributed by atoms with Crippen molar-refractivity contribution in [2.24, 2.45) is 0 Å². The molecule has 0 unspecified atom stereocenters. The van der Waals surface area contributed by atoms with Crippen LogP contribution in [-0.4, -0.2) is 29.5 Å². The van der Waals surface area contributed by atoms with Gasteiger partial charge in [-0.15, -0.1) is 0 Å². The molecule has 0 saturated heterocycles. The molecule has 1 aromatic heterocycles. The normalized spacial score (nSPS) is 11.2. The van der Waals surface area contributed by atoms with Crippen LogP contribution in [-0.2, 0) is 10.0 Å². The summed E-state index contributed by atoms with van der Waals surface area (Å²) in [7, 11) is -3.87. The van der Waals surface area contributed by atoms with E-state index in [1.165, 1.54) is 36.4 Å². The molecule has 0 spiro atoms. The zero-order valence-electron chi connectivity index (χ0n) is 16.8. The summed E-state index contributed by atoms with van der Waals surface area (Å²) < 4.78 is 40.2. The number of H-pyrrole nitrogens is 1. The Morgan fingerprint density at radius 1 is 0.969 bits per heavy atom. The maximum Gasteiger partial charge on any atom is 0.261 e. The number of anilines is 2. The first kappa shape index (κ1) is 21.2. The quantitative estimate of drug-likeness (QED) is 0.410. The predicted molar refractivity (Wildman–Crippen MR) is 118 cm³/mol. The molecule has 3 N–H and O–H groups in total. The highest BCUT2D eigenvalue weighted by molar-refractivity contribution is 7.92. The van der Waals surface area contributed by atoms with E-state index in [1.807, 2.05) is 6.07 Å². The van der Waals surface area contributed by atoms with E-state index in [9.17, 15) is 17.6 Å². The van der Waals surface area contributed by atoms with Crippen molar-refractivity contribution in [3.8, 4) is 11.4 Å². The van der Waals surface area contributed by atoms with E-state index in [2.05, 4.69) is 25.2 Å². The number of aromatic nitrogens is 3. The number of nitrogens with zero attached hydrogens (tertiary/aromatic N) is 2. The Morgan fingerprint density at radius 2 is 1.69 bits per heavy atom. The zero-order valence-corrected chi connectivity index (χ0v) is 17.7. The van der Waals surface area contributed by atoms with Crippen LogP contribution in [0.1, 0.15) is 16.2 Å². The number of nitrogens with one attached hydrogen (secondary N) is 3. The Morgan fingerprint density at radius 3 is 2.34 bits per heavy atom. The van der Waals surface area contributed by atoms with E-state index >= 15 is 0 Å². The standard InChI is InChI=1S/C22H18FN5O3S/c1-14-24-21(27-26-14)16-3-2-4-19(13-16)25-22(29)15-5-9-18(10-6-15)28-32(30,31)20-11-7-17(23)8-12-20/h2-13,28H,1H3,(H,25,29)(H,24,26,27). The van der Waals surface area contributed by atoms with Crippen molar-refractivity contribution < 1.29 is 17.6 Å². The summed E-state index contributed by atoms with van der Waals surface area (Å²) in [6.07, 6.45) is 0. The minimum absolute atomic E-state index is 0.0674. The molecule has 0 saturated carbocycles. The first-order valence-corrected chi connectivity index (χ1v) is 11.0. The molecule has 10 heteroatoms. The molecule has 0 fully saturated rings. The first-order valence-electron chi connectivity index (χ1n) is 9.49. The van der Waals surface area contributed by atoms with Crippen LogP contribution < -0.4 is 10.0 Å². The highest BCUT2D eigenvalue weighted by Crippen LogP contribution is 2.21. The predicted octanol–water partition coefficient (Wildman–Crippen LogP) is 3.97. The summed E-state index contributed by atoms with van der Waals surface area (Å²) in [4.78, 5) is 16.8. The van der Waals surface area contributed by atoms with Gasteiger partial charge in [-0.25, -0.2) is 17.8 Å². The van der Waals surface area contributed by atoms with Crippen LogP contribution in [0.2, 0.25) is 0 Å². The molecule has 4 rings (SSSR count). The van der Waals surface area contributed by atoms with Crippen molar-refractivity contribution in [3.05, 3.63) is 90.0 Å². The van der Waals surface area contributed by atoms with Crippen molar-refractivity contribution in [2.75, 3.05) is 10.0 Å². The fraction of sp³-hybridized carbons (Fsp3) is 0.0455. The summed E-state index contributed by atoms with van der Waals surface area (Å²) in [5.41, 5.74) is 1.93. The average Bonchev–Trinajstić information content (AvgIpc) is 3.21. The summed E-state index contributed by atoms with van der Waals surface area (Å²) in [6, 6.07) is 17.6. The Hall–Kier alpha value is -4.05. The molecule has 0 bridgehead atoms. The lowest BCUT2D eigenvalue weighted by Gasteiger charge is -2.10. The van der Waals surface area contributed by atoms with Gasteiger partial charge in [-0.2, -0.15) is 5.10 Å². The maximum atomic E-state index is 13.0. The highest BCUT2D eigenvalue weighted by atomic mass is 32.2. The maximum absolute atomic E-state index is 13.0. The summed E-state index contributed by atoms with van der Waals surface area (Å²) in [5.74, 6) is 0.322. The molecule has 0 aliphatic rings. The van der Waals surface area contributed by atoms with E-state index < -0.39 is 15.8 Å². The lowest BCUT2D eigenvalue weighted by Crippen LogP contribution is -2.14. The number of hydrogen-bond acceptors (Lipinski definition) is 5. The Labute approximate surface area is 183 Å². The van der Waals surface area contributed by atoms with E-state index in [1.54, 1.807) is 25.1 Å². The van der Waals surface area contributed by atoms with Crippen LogP contribution in [0, 0.1) is 12.7 Å². The second kappa shape index (κ2) is 8.60. The third kappa shape index (κ3) is 4.81. The molecule has 8 nitrogen and oxygen atoms in total. The Kier molecular flexibility index (Phi) is 5.69. The number of aryl methyl sites for hydroxylation is 1. The lowest BCUT2D eigenvalue weighted by molar-refractivity contribution is 0.102. The molecule has 0 radical (unpaired) electrons. The van der Waals surface area contributed by atoms with Crippen molar-refractivity contribution in [1.29, 1.82) is 0 Å². The number of hydrogen-bond donors (Lipinski definition) is 3. The minimum Gasteiger partial charge on any atom is -0.322 e. The molecule has 4 aromatic rings. The van der Waals surface area contributed by atoms with Gasteiger partial charge in [-0.05, 0) is 67.6 Å². The Bertz CT molecular complexity index is 1370. The van der Waals surface area contributed by atoms with Crippen molar-refractivity contribution in [2.45, 2.75) is 11.8 Å². The number of aromatic amines is 1. The van der Waals surface area contributed by atoms with Crippen molar-refractivity contribution >= 4 is 27.3 Å². The first-order chi connectivity index (χ1) is 15.3.